The summed E-state index contributed by atoms with van der Waals surface area (Å²) in [5.74, 6) is 0.772. The average Bonchev–Trinajstić information content (AvgIpc) is 2.53. The Morgan fingerprint density at radius 3 is 2.57 bits per heavy atom. The maximum absolute atomic E-state index is 12.1. The lowest BCUT2D eigenvalue weighted by atomic mass is 9.97. The van der Waals surface area contributed by atoms with Crippen LogP contribution >= 0.6 is 0 Å². The molecule has 2 rings (SSSR count). The fourth-order valence-corrected chi connectivity index (χ4v) is 4.52. The lowest BCUT2D eigenvalue weighted by Gasteiger charge is -2.31. The van der Waals surface area contributed by atoms with Gasteiger partial charge in [0.15, 0.2) is 0 Å². The molecule has 2 fully saturated rings. The summed E-state index contributed by atoms with van der Waals surface area (Å²) in [6, 6.07) is 0.392. The molecule has 0 aliphatic carbocycles. The van der Waals surface area contributed by atoms with Crippen LogP contribution in [0.1, 0.15) is 45.4 Å². The van der Waals surface area contributed by atoms with Gasteiger partial charge in [-0.3, -0.25) is 0 Å². The van der Waals surface area contributed by atoms with Crippen molar-refractivity contribution in [3.63, 3.8) is 0 Å². The molecule has 2 saturated heterocycles. The van der Waals surface area contributed by atoms with Crippen molar-refractivity contribution in [2.75, 3.05) is 38.5 Å². The largest absolute Gasteiger partial charge is 0.314 e. The van der Waals surface area contributed by atoms with Crippen LogP contribution in [0.3, 0.4) is 0 Å². The summed E-state index contributed by atoms with van der Waals surface area (Å²) in [6.07, 6.45) is 6.52. The van der Waals surface area contributed by atoms with Crippen LogP contribution in [0.4, 0.5) is 0 Å². The summed E-state index contributed by atoms with van der Waals surface area (Å²) in [5, 5.41) is 3.41. The Morgan fingerprint density at radius 2 is 1.95 bits per heavy atom. The second-order valence-electron chi connectivity index (χ2n) is 6.48. The maximum Gasteiger partial charge on any atom is 0.211 e. The van der Waals surface area contributed by atoms with Crippen molar-refractivity contribution in [1.82, 2.24) is 14.9 Å². The fraction of sp³-hybridized carbons (Fsp3) is 1.00. The summed E-state index contributed by atoms with van der Waals surface area (Å²) >= 11 is 0. The first-order valence-electron chi connectivity index (χ1n) is 8.52. The van der Waals surface area contributed by atoms with Gasteiger partial charge in [-0.25, -0.2) is 13.1 Å². The number of nitrogens with zero attached hydrogens (tertiary/aromatic N) is 1. The van der Waals surface area contributed by atoms with Gasteiger partial charge in [-0.1, -0.05) is 13.3 Å². The number of rotatable bonds is 7. The molecule has 2 aliphatic heterocycles. The van der Waals surface area contributed by atoms with Gasteiger partial charge in [0.05, 0.1) is 5.75 Å². The highest BCUT2D eigenvalue weighted by atomic mass is 32.2. The third-order valence-electron chi connectivity index (χ3n) is 4.89. The zero-order valence-corrected chi connectivity index (χ0v) is 14.1. The topological polar surface area (TPSA) is 61.4 Å². The van der Waals surface area contributed by atoms with E-state index in [2.05, 4.69) is 21.9 Å². The molecule has 2 aliphatic rings. The molecule has 5 nitrogen and oxygen atoms in total. The molecule has 1 atom stereocenters. The van der Waals surface area contributed by atoms with E-state index in [0.29, 0.717) is 18.5 Å². The van der Waals surface area contributed by atoms with E-state index >= 15 is 0 Å². The zero-order chi connectivity index (χ0) is 15.1. The Bertz CT molecular complexity index is 386. The van der Waals surface area contributed by atoms with Gasteiger partial charge in [-0.05, 0) is 64.2 Å². The Balaban J connectivity index is 1.64. The molecule has 0 aromatic heterocycles. The van der Waals surface area contributed by atoms with Crippen molar-refractivity contribution in [2.24, 2.45) is 5.92 Å². The molecule has 2 N–H and O–H groups in total. The van der Waals surface area contributed by atoms with Gasteiger partial charge in [0.2, 0.25) is 10.0 Å². The van der Waals surface area contributed by atoms with E-state index in [4.69, 9.17) is 0 Å². The third kappa shape index (κ3) is 6.22. The van der Waals surface area contributed by atoms with E-state index in [1.165, 1.54) is 12.8 Å². The Morgan fingerprint density at radius 1 is 1.19 bits per heavy atom. The van der Waals surface area contributed by atoms with Gasteiger partial charge >= 0.3 is 0 Å². The minimum Gasteiger partial charge on any atom is -0.314 e. The molecule has 1 unspecified atom stereocenters. The molecule has 0 amide bonds. The first-order chi connectivity index (χ1) is 10.1. The van der Waals surface area contributed by atoms with Gasteiger partial charge < -0.3 is 10.2 Å². The second kappa shape index (κ2) is 8.46. The van der Waals surface area contributed by atoms with Crippen LogP contribution in [0, 0.1) is 5.92 Å². The average molecular weight is 317 g/mol. The molecule has 21 heavy (non-hydrogen) atoms. The smallest absolute Gasteiger partial charge is 0.211 e. The van der Waals surface area contributed by atoms with Gasteiger partial charge in [0.25, 0.3) is 0 Å². The fourth-order valence-electron chi connectivity index (χ4n) is 3.29. The molecule has 6 heteroatoms. The van der Waals surface area contributed by atoms with Crippen LogP contribution in [0.5, 0.6) is 0 Å². The summed E-state index contributed by atoms with van der Waals surface area (Å²) in [6.45, 7) is 7.16. The normalized spacial score (nSPS) is 26.0. The van der Waals surface area contributed by atoms with E-state index in [0.717, 1.165) is 51.9 Å². The number of hydrogen-bond acceptors (Lipinski definition) is 4. The van der Waals surface area contributed by atoms with Crippen molar-refractivity contribution in [1.29, 1.82) is 0 Å². The third-order valence-corrected chi connectivity index (χ3v) is 6.27. The van der Waals surface area contributed by atoms with Gasteiger partial charge in [0, 0.05) is 12.6 Å². The standard InChI is InChI=1S/C15H31N3O2S/c1-2-18-10-6-14(7-11-18)13-17-21(19,20)12-8-15-5-3-4-9-16-15/h14-17H,2-13H2,1H3. The quantitative estimate of drug-likeness (QED) is 0.740. The molecular formula is C15H31N3O2S. The Kier molecular flexibility index (Phi) is 6.92. The molecule has 0 radical (unpaired) electrons. The second-order valence-corrected chi connectivity index (χ2v) is 8.41. The van der Waals surface area contributed by atoms with Crippen LogP contribution in [0.25, 0.3) is 0 Å². The summed E-state index contributed by atoms with van der Waals surface area (Å²) < 4.78 is 27.0. The minimum absolute atomic E-state index is 0.262. The van der Waals surface area contributed by atoms with Crippen molar-refractivity contribution >= 4 is 10.0 Å². The summed E-state index contributed by atoms with van der Waals surface area (Å²) in [7, 11) is -3.10. The van der Waals surface area contributed by atoms with Crippen molar-refractivity contribution in [3.8, 4) is 0 Å². The maximum atomic E-state index is 12.1. The molecule has 0 saturated carbocycles. The molecule has 124 valence electrons. The predicted octanol–water partition coefficient (Wildman–Crippen LogP) is 1.17. The lowest BCUT2D eigenvalue weighted by molar-refractivity contribution is 0.193. The van der Waals surface area contributed by atoms with E-state index in [9.17, 15) is 8.42 Å². The Hall–Kier alpha value is -0.170. The summed E-state index contributed by atoms with van der Waals surface area (Å²) in [4.78, 5) is 2.43. The molecular weight excluding hydrogens is 286 g/mol. The van der Waals surface area contributed by atoms with Crippen molar-refractivity contribution in [3.05, 3.63) is 0 Å². The molecule has 2 heterocycles. The van der Waals surface area contributed by atoms with Crippen LogP contribution in [-0.2, 0) is 10.0 Å². The highest BCUT2D eigenvalue weighted by Gasteiger charge is 2.21. The highest BCUT2D eigenvalue weighted by Crippen LogP contribution is 2.16. The van der Waals surface area contributed by atoms with Gasteiger partial charge in [0.1, 0.15) is 0 Å². The van der Waals surface area contributed by atoms with Crippen molar-refractivity contribution in [2.45, 2.75) is 51.5 Å². The monoisotopic (exact) mass is 317 g/mol. The number of likely N-dealkylation sites (tertiary alicyclic amines) is 1. The predicted molar refractivity (Wildman–Crippen MR) is 86.9 cm³/mol. The number of piperidine rings is 2. The van der Waals surface area contributed by atoms with E-state index < -0.39 is 10.0 Å². The van der Waals surface area contributed by atoms with E-state index in [1.807, 2.05) is 0 Å². The number of hydrogen-bond donors (Lipinski definition) is 2. The number of sulfonamides is 1. The van der Waals surface area contributed by atoms with Crippen LogP contribution in [-0.4, -0.2) is 57.8 Å². The lowest BCUT2D eigenvalue weighted by Crippen LogP contribution is -2.40. The van der Waals surface area contributed by atoms with E-state index in [-0.39, 0.29) is 5.75 Å². The molecule has 0 aromatic carbocycles. The van der Waals surface area contributed by atoms with Crippen LogP contribution in [0.15, 0.2) is 0 Å². The zero-order valence-electron chi connectivity index (χ0n) is 13.3. The van der Waals surface area contributed by atoms with Crippen molar-refractivity contribution < 1.29 is 8.42 Å². The Labute approximate surface area is 129 Å². The minimum atomic E-state index is -3.10. The first kappa shape index (κ1) is 17.2. The first-order valence-corrected chi connectivity index (χ1v) is 10.2. The van der Waals surface area contributed by atoms with E-state index in [1.54, 1.807) is 0 Å². The van der Waals surface area contributed by atoms with Crippen LogP contribution in [0.2, 0.25) is 0 Å². The highest BCUT2D eigenvalue weighted by molar-refractivity contribution is 7.89. The molecule has 0 bridgehead atoms. The molecule has 0 spiro atoms. The molecule has 0 aromatic rings. The SMILES string of the molecule is CCN1CCC(CNS(=O)(=O)CCC2CCCCN2)CC1. The van der Waals surface area contributed by atoms with Gasteiger partial charge in [-0.2, -0.15) is 0 Å². The van der Waals surface area contributed by atoms with Crippen LogP contribution < -0.4 is 10.0 Å². The number of nitrogens with one attached hydrogen (secondary N) is 2. The summed E-state index contributed by atoms with van der Waals surface area (Å²) in [5.41, 5.74) is 0. The van der Waals surface area contributed by atoms with Gasteiger partial charge in [-0.15, -0.1) is 0 Å².